The summed E-state index contributed by atoms with van der Waals surface area (Å²) in [6, 6.07) is 7.93. The Morgan fingerprint density at radius 2 is 1.75 bits per heavy atom. The number of rotatable bonds is 4. The second-order valence-corrected chi connectivity index (χ2v) is 4.91. The third kappa shape index (κ3) is 3.80. The molecule has 124 valence electrons. The van der Waals surface area contributed by atoms with E-state index in [-0.39, 0.29) is 5.95 Å². The minimum absolute atomic E-state index is 0.236. The summed E-state index contributed by atoms with van der Waals surface area (Å²) in [5, 5.41) is 9.56. The van der Waals surface area contributed by atoms with Gasteiger partial charge in [0, 0.05) is 18.0 Å². The van der Waals surface area contributed by atoms with Gasteiger partial charge in [0.2, 0.25) is 5.95 Å². The van der Waals surface area contributed by atoms with E-state index >= 15 is 0 Å². The Morgan fingerprint density at radius 1 is 1.00 bits per heavy atom. The topological polar surface area (TPSA) is 75.9 Å². The van der Waals surface area contributed by atoms with Crippen molar-refractivity contribution in [2.45, 2.75) is 13.1 Å². The molecule has 3 aromatic rings. The molecule has 0 fully saturated rings. The minimum Gasteiger partial charge on any atom is -0.360 e. The van der Waals surface area contributed by atoms with Gasteiger partial charge in [0.25, 0.3) is 0 Å². The van der Waals surface area contributed by atoms with E-state index in [2.05, 4.69) is 25.8 Å². The van der Waals surface area contributed by atoms with Crippen molar-refractivity contribution in [2.24, 2.45) is 0 Å². The smallest absolute Gasteiger partial charge is 0.360 e. The maximum Gasteiger partial charge on any atom is 0.416 e. The number of hydrogen-bond donors (Lipinski definition) is 2. The van der Waals surface area contributed by atoms with E-state index in [9.17, 15) is 13.2 Å². The van der Waals surface area contributed by atoms with Crippen LogP contribution in [0.5, 0.6) is 0 Å². The molecule has 0 amide bonds. The molecular weight excluding hydrogens is 323 g/mol. The first-order chi connectivity index (χ1) is 11.4. The average Bonchev–Trinajstić information content (AvgIpc) is 2.92. The van der Waals surface area contributed by atoms with E-state index in [1.807, 2.05) is 0 Å². The van der Waals surface area contributed by atoms with Crippen LogP contribution in [0.25, 0.3) is 0 Å². The highest BCUT2D eigenvalue weighted by atomic mass is 19.4. The second-order valence-electron chi connectivity index (χ2n) is 4.91. The molecule has 2 N–H and O–H groups in total. The van der Waals surface area contributed by atoms with Crippen LogP contribution in [0.15, 0.2) is 47.1 Å². The predicted molar refractivity (Wildman–Crippen MR) is 81.3 cm³/mol. The number of anilines is 4. The minimum atomic E-state index is -4.37. The van der Waals surface area contributed by atoms with Crippen LogP contribution >= 0.6 is 0 Å². The summed E-state index contributed by atoms with van der Waals surface area (Å²) >= 11 is 0. The molecule has 0 aliphatic carbocycles. The lowest BCUT2D eigenvalue weighted by Crippen LogP contribution is -2.05. The zero-order valence-electron chi connectivity index (χ0n) is 12.4. The van der Waals surface area contributed by atoms with Crippen molar-refractivity contribution in [1.29, 1.82) is 0 Å². The molecular formula is C15H12F3N5O. The monoisotopic (exact) mass is 335 g/mol. The predicted octanol–water partition coefficient (Wildman–Crippen LogP) is 4.28. The molecule has 0 bridgehead atoms. The molecule has 0 aliphatic rings. The van der Waals surface area contributed by atoms with Crippen molar-refractivity contribution >= 4 is 23.3 Å². The number of nitrogens with zero attached hydrogens (tertiary/aromatic N) is 3. The summed E-state index contributed by atoms with van der Waals surface area (Å²) in [5.41, 5.74) is -0.275. The van der Waals surface area contributed by atoms with Crippen LogP contribution in [0.3, 0.4) is 0 Å². The van der Waals surface area contributed by atoms with Crippen molar-refractivity contribution in [3.63, 3.8) is 0 Å². The molecule has 0 atom stereocenters. The van der Waals surface area contributed by atoms with Gasteiger partial charge in [0.05, 0.1) is 5.56 Å². The molecule has 6 nitrogen and oxygen atoms in total. The number of halogens is 3. The standard InChI is InChI=1S/C15H12F3N5O/c1-9-8-13(23-24-9)21-12-6-7-19-14(22-12)20-11-4-2-10(3-5-11)15(16,17)18/h2-8H,1H3,(H2,19,20,21,22,23). The Kier molecular flexibility index (Phi) is 4.07. The van der Waals surface area contributed by atoms with Crippen LogP contribution in [-0.2, 0) is 6.18 Å². The fourth-order valence-electron chi connectivity index (χ4n) is 1.92. The number of aromatic nitrogens is 3. The van der Waals surface area contributed by atoms with Gasteiger partial charge in [-0.15, -0.1) is 0 Å². The molecule has 2 heterocycles. The zero-order chi connectivity index (χ0) is 17.2. The third-order valence-corrected chi connectivity index (χ3v) is 3.01. The summed E-state index contributed by atoms with van der Waals surface area (Å²) in [6.07, 6.45) is -2.86. The number of alkyl halides is 3. The summed E-state index contributed by atoms with van der Waals surface area (Å²) in [5.74, 6) is 1.84. The van der Waals surface area contributed by atoms with Crippen molar-refractivity contribution in [2.75, 3.05) is 10.6 Å². The molecule has 0 saturated carbocycles. The molecule has 0 saturated heterocycles. The maximum absolute atomic E-state index is 12.5. The lowest BCUT2D eigenvalue weighted by molar-refractivity contribution is -0.137. The number of benzene rings is 1. The Balaban J connectivity index is 1.72. The highest BCUT2D eigenvalue weighted by Gasteiger charge is 2.29. The van der Waals surface area contributed by atoms with Gasteiger partial charge in [-0.3, -0.25) is 0 Å². The highest BCUT2D eigenvalue weighted by molar-refractivity contribution is 5.57. The SMILES string of the molecule is Cc1cc(Nc2ccnc(Nc3ccc(C(F)(F)F)cc3)n2)no1. The highest BCUT2D eigenvalue weighted by Crippen LogP contribution is 2.30. The van der Waals surface area contributed by atoms with E-state index in [0.29, 0.717) is 23.1 Å². The molecule has 1 aromatic carbocycles. The fourth-order valence-corrected chi connectivity index (χ4v) is 1.92. The Labute approximate surface area is 134 Å². The zero-order valence-corrected chi connectivity index (χ0v) is 12.4. The van der Waals surface area contributed by atoms with E-state index in [1.165, 1.54) is 18.3 Å². The van der Waals surface area contributed by atoms with Crippen LogP contribution in [0.2, 0.25) is 0 Å². The lowest BCUT2D eigenvalue weighted by Gasteiger charge is -2.09. The van der Waals surface area contributed by atoms with Crippen molar-refractivity contribution in [3.05, 3.63) is 53.9 Å². The van der Waals surface area contributed by atoms with Crippen LogP contribution < -0.4 is 10.6 Å². The van der Waals surface area contributed by atoms with Gasteiger partial charge in [0.15, 0.2) is 5.82 Å². The van der Waals surface area contributed by atoms with E-state index in [4.69, 9.17) is 4.52 Å². The largest absolute Gasteiger partial charge is 0.416 e. The summed E-state index contributed by atoms with van der Waals surface area (Å²) in [4.78, 5) is 8.23. The van der Waals surface area contributed by atoms with E-state index in [1.54, 1.807) is 19.1 Å². The van der Waals surface area contributed by atoms with Gasteiger partial charge in [-0.1, -0.05) is 5.16 Å². The van der Waals surface area contributed by atoms with E-state index in [0.717, 1.165) is 12.1 Å². The maximum atomic E-state index is 12.5. The van der Waals surface area contributed by atoms with Gasteiger partial charge in [-0.05, 0) is 37.3 Å². The second kappa shape index (κ2) is 6.19. The molecule has 0 radical (unpaired) electrons. The molecule has 3 rings (SSSR count). The first-order valence-corrected chi connectivity index (χ1v) is 6.88. The number of hydrogen-bond acceptors (Lipinski definition) is 6. The van der Waals surface area contributed by atoms with Crippen molar-refractivity contribution < 1.29 is 17.7 Å². The molecule has 0 unspecified atom stereocenters. The van der Waals surface area contributed by atoms with Crippen molar-refractivity contribution in [3.8, 4) is 0 Å². The quantitative estimate of drug-likeness (QED) is 0.741. The third-order valence-electron chi connectivity index (χ3n) is 3.01. The van der Waals surface area contributed by atoms with Gasteiger partial charge in [0.1, 0.15) is 11.6 Å². The molecule has 9 heteroatoms. The number of aryl methyl sites for hydroxylation is 1. The van der Waals surface area contributed by atoms with Crippen LogP contribution in [0.4, 0.5) is 36.4 Å². The van der Waals surface area contributed by atoms with Gasteiger partial charge < -0.3 is 15.2 Å². The first kappa shape index (κ1) is 15.8. The van der Waals surface area contributed by atoms with Gasteiger partial charge in [-0.2, -0.15) is 18.2 Å². The Bertz CT molecular complexity index is 830. The summed E-state index contributed by atoms with van der Waals surface area (Å²) in [7, 11) is 0. The van der Waals surface area contributed by atoms with Crippen molar-refractivity contribution in [1.82, 2.24) is 15.1 Å². The van der Waals surface area contributed by atoms with E-state index < -0.39 is 11.7 Å². The van der Waals surface area contributed by atoms with Crippen LogP contribution in [0.1, 0.15) is 11.3 Å². The molecule has 0 spiro atoms. The van der Waals surface area contributed by atoms with Gasteiger partial charge >= 0.3 is 6.18 Å². The molecule has 2 aromatic heterocycles. The molecule has 0 aliphatic heterocycles. The fraction of sp³-hybridized carbons (Fsp3) is 0.133. The van der Waals surface area contributed by atoms with Crippen LogP contribution in [-0.4, -0.2) is 15.1 Å². The Hall–Kier alpha value is -3.10. The first-order valence-electron chi connectivity index (χ1n) is 6.88. The summed E-state index contributed by atoms with van der Waals surface area (Å²) in [6.45, 7) is 1.76. The van der Waals surface area contributed by atoms with Gasteiger partial charge in [-0.25, -0.2) is 4.98 Å². The average molecular weight is 335 g/mol. The van der Waals surface area contributed by atoms with Crippen LogP contribution in [0, 0.1) is 6.92 Å². The normalized spacial score (nSPS) is 11.3. The number of nitrogens with one attached hydrogen (secondary N) is 2. The molecule has 24 heavy (non-hydrogen) atoms. The lowest BCUT2D eigenvalue weighted by atomic mass is 10.2. The summed E-state index contributed by atoms with van der Waals surface area (Å²) < 4.78 is 42.6. The Morgan fingerprint density at radius 3 is 2.38 bits per heavy atom.